The van der Waals surface area contributed by atoms with Crippen LogP contribution in [0.1, 0.15) is 97.0 Å². The van der Waals surface area contributed by atoms with E-state index in [1.807, 2.05) is 75.5 Å². The van der Waals surface area contributed by atoms with Crippen LogP contribution < -0.4 is 10.2 Å². The van der Waals surface area contributed by atoms with Crippen molar-refractivity contribution in [2.45, 2.75) is 96.9 Å². The van der Waals surface area contributed by atoms with Gasteiger partial charge in [-0.15, -0.1) is 0 Å². The third-order valence-electron chi connectivity index (χ3n) is 12.9. The molecule has 2 atom stereocenters. The van der Waals surface area contributed by atoms with Crippen molar-refractivity contribution in [2.75, 3.05) is 50.3 Å². The standard InChI is InChI=1S/C47H56N6O6S/c1-30-36(26-48-53(30)29-46-22-31-21-32(23-46)25-47(24-31,28-46)58-20-19-57-18-17-56-5)34-13-14-40(50-41(34)43(55)59-45(2,3)4)52-16-15-33-9-8-10-35(37(33)27-52)42(54)51-44-49-38-11-6-7-12-39(38)60-44/h6-14,26,31-32H,15-25,27-29H2,1-5H3,(H,49,51,54). The van der Waals surface area contributed by atoms with E-state index in [1.54, 1.807) is 7.11 Å². The van der Waals surface area contributed by atoms with Gasteiger partial charge in [-0.25, -0.2) is 14.8 Å². The normalized spacial score (nSPS) is 23.2. The number of carbonyl (C=O) groups excluding carboxylic acids is 2. The number of aromatic nitrogens is 4. The number of fused-ring (bicyclic) bond motifs is 2. The lowest BCUT2D eigenvalue weighted by atomic mass is 9.48. The maximum atomic E-state index is 14.1. The first-order valence-electron chi connectivity index (χ1n) is 21.4. The highest BCUT2D eigenvalue weighted by Crippen LogP contribution is 2.63. The minimum Gasteiger partial charge on any atom is -0.455 e. The number of benzene rings is 2. The number of ether oxygens (including phenoxy) is 4. The summed E-state index contributed by atoms with van der Waals surface area (Å²) in [5, 5.41) is 8.59. The maximum absolute atomic E-state index is 14.1. The molecule has 10 rings (SSSR count). The van der Waals surface area contributed by atoms with E-state index < -0.39 is 11.6 Å². The van der Waals surface area contributed by atoms with E-state index in [2.05, 4.69) is 32.9 Å². The van der Waals surface area contributed by atoms with Gasteiger partial charge < -0.3 is 23.8 Å². The van der Waals surface area contributed by atoms with Gasteiger partial charge >= 0.3 is 5.97 Å². The minimum atomic E-state index is -0.715. The summed E-state index contributed by atoms with van der Waals surface area (Å²) in [6.45, 7) is 12.0. The molecule has 4 heterocycles. The first-order chi connectivity index (χ1) is 28.9. The first-order valence-corrected chi connectivity index (χ1v) is 22.2. The van der Waals surface area contributed by atoms with Crippen LogP contribution in [0.25, 0.3) is 21.3 Å². The van der Waals surface area contributed by atoms with Crippen molar-refractivity contribution in [1.82, 2.24) is 19.7 Å². The predicted molar refractivity (Wildman–Crippen MR) is 233 cm³/mol. The molecule has 1 aliphatic heterocycles. The van der Waals surface area contributed by atoms with E-state index in [0.717, 1.165) is 64.8 Å². The van der Waals surface area contributed by atoms with Crippen LogP contribution in [0.2, 0.25) is 0 Å². The third kappa shape index (κ3) is 8.33. The zero-order valence-electron chi connectivity index (χ0n) is 35.4. The second-order valence-corrected chi connectivity index (χ2v) is 19.6. The Morgan fingerprint density at radius 2 is 1.73 bits per heavy atom. The molecule has 60 heavy (non-hydrogen) atoms. The number of hydrogen-bond donors (Lipinski definition) is 1. The van der Waals surface area contributed by atoms with Crippen molar-refractivity contribution in [3.05, 3.63) is 88.9 Å². The average Bonchev–Trinajstić information content (AvgIpc) is 3.78. The van der Waals surface area contributed by atoms with Gasteiger partial charge in [0.1, 0.15) is 11.4 Å². The zero-order valence-corrected chi connectivity index (χ0v) is 36.2. The summed E-state index contributed by atoms with van der Waals surface area (Å²) < 4.78 is 26.8. The summed E-state index contributed by atoms with van der Waals surface area (Å²) in [6, 6.07) is 17.7. The molecular weight excluding hydrogens is 777 g/mol. The molecule has 13 heteroatoms. The van der Waals surface area contributed by atoms with Gasteiger partial charge in [0.15, 0.2) is 10.8 Å². The molecular formula is C47H56N6O6S. The van der Waals surface area contributed by atoms with Gasteiger partial charge in [-0.1, -0.05) is 35.6 Å². The van der Waals surface area contributed by atoms with Gasteiger partial charge in [0.25, 0.3) is 5.91 Å². The van der Waals surface area contributed by atoms with Gasteiger partial charge in [0, 0.05) is 49.1 Å². The van der Waals surface area contributed by atoms with Crippen LogP contribution >= 0.6 is 11.3 Å². The summed E-state index contributed by atoms with van der Waals surface area (Å²) in [7, 11) is 1.69. The van der Waals surface area contributed by atoms with Gasteiger partial charge in [-0.05, 0) is 131 Å². The number of anilines is 2. The van der Waals surface area contributed by atoms with Crippen LogP contribution in [0, 0.1) is 24.2 Å². The molecule has 0 saturated heterocycles. The molecule has 2 aromatic carbocycles. The number of carbonyl (C=O) groups is 2. The van der Waals surface area contributed by atoms with E-state index in [0.29, 0.717) is 73.4 Å². The van der Waals surface area contributed by atoms with Crippen LogP contribution in [0.3, 0.4) is 0 Å². The van der Waals surface area contributed by atoms with Crippen LogP contribution in [0.15, 0.2) is 60.8 Å². The van der Waals surface area contributed by atoms with E-state index >= 15 is 0 Å². The topological polar surface area (TPSA) is 130 Å². The van der Waals surface area contributed by atoms with Crippen molar-refractivity contribution in [3.63, 3.8) is 0 Å². The minimum absolute atomic E-state index is 0.0990. The molecule has 2 unspecified atom stereocenters. The monoisotopic (exact) mass is 832 g/mol. The van der Waals surface area contributed by atoms with Gasteiger partial charge in [0.2, 0.25) is 0 Å². The lowest BCUT2D eigenvalue weighted by Crippen LogP contribution is -2.58. The number of nitrogens with zero attached hydrogens (tertiary/aromatic N) is 5. The highest BCUT2D eigenvalue weighted by atomic mass is 32.1. The highest BCUT2D eigenvalue weighted by molar-refractivity contribution is 7.22. The van der Waals surface area contributed by atoms with Gasteiger partial charge in [0.05, 0.1) is 48.4 Å². The number of hydrogen-bond acceptors (Lipinski definition) is 11. The lowest BCUT2D eigenvalue weighted by molar-refractivity contribution is -0.201. The number of thiazole rings is 1. The van der Waals surface area contributed by atoms with Crippen molar-refractivity contribution in [3.8, 4) is 11.1 Å². The Morgan fingerprint density at radius 1 is 0.933 bits per heavy atom. The van der Waals surface area contributed by atoms with Gasteiger partial charge in [-0.3, -0.25) is 14.8 Å². The van der Waals surface area contributed by atoms with Gasteiger partial charge in [-0.2, -0.15) is 5.10 Å². The van der Waals surface area contributed by atoms with E-state index in [9.17, 15) is 9.59 Å². The van der Waals surface area contributed by atoms with Crippen LogP contribution in [0.4, 0.5) is 10.9 Å². The molecule has 12 nitrogen and oxygen atoms in total. The molecule has 4 fully saturated rings. The Labute approximate surface area is 356 Å². The number of pyridine rings is 1. The molecule has 4 bridgehead atoms. The summed E-state index contributed by atoms with van der Waals surface area (Å²) in [5.74, 6) is 1.30. The Bertz CT molecular complexity index is 2350. The summed E-state index contributed by atoms with van der Waals surface area (Å²) in [4.78, 5) is 39.6. The molecule has 0 spiro atoms. The molecule has 5 aromatic rings. The number of methoxy groups -OCH3 is 1. The summed E-state index contributed by atoms with van der Waals surface area (Å²) in [5.41, 5.74) is 5.65. The summed E-state index contributed by atoms with van der Waals surface area (Å²) in [6.07, 6.45) is 9.58. The first kappa shape index (κ1) is 40.7. The number of rotatable bonds is 14. The molecule has 3 aromatic heterocycles. The lowest BCUT2D eigenvalue weighted by Gasteiger charge is -2.61. The second kappa shape index (κ2) is 16.3. The molecule has 0 radical (unpaired) electrons. The number of para-hydroxylation sites is 1. The summed E-state index contributed by atoms with van der Waals surface area (Å²) >= 11 is 1.46. The maximum Gasteiger partial charge on any atom is 0.358 e. The molecule has 4 aliphatic carbocycles. The quantitative estimate of drug-likeness (QED) is 0.0858. The highest BCUT2D eigenvalue weighted by Gasteiger charge is 2.58. The number of esters is 1. The Kier molecular flexibility index (Phi) is 11.1. The van der Waals surface area contributed by atoms with E-state index in [4.69, 9.17) is 29.0 Å². The van der Waals surface area contributed by atoms with Crippen LogP contribution in [-0.4, -0.2) is 82.9 Å². The van der Waals surface area contributed by atoms with Crippen LogP contribution in [-0.2, 0) is 38.5 Å². The fourth-order valence-electron chi connectivity index (χ4n) is 10.9. The number of nitrogens with one attached hydrogen (secondary N) is 1. The SMILES string of the molecule is COCCOCCOC12CC3CC(CC(Cn4ncc(-c5ccc(N6CCc7cccc(C(=O)Nc8nc9ccccc9s8)c7C6)nc5C(=O)OC(C)(C)C)c4C)(C3)C1)C2. The van der Waals surface area contributed by atoms with Crippen molar-refractivity contribution < 1.29 is 28.5 Å². The fraction of sp³-hybridized carbons (Fsp3) is 0.511. The molecule has 1 N–H and O–H groups in total. The number of amides is 1. The zero-order chi connectivity index (χ0) is 41.6. The fourth-order valence-corrected chi connectivity index (χ4v) is 11.7. The van der Waals surface area contributed by atoms with E-state index in [1.165, 1.54) is 30.6 Å². The van der Waals surface area contributed by atoms with Crippen LogP contribution in [0.5, 0.6) is 0 Å². The van der Waals surface area contributed by atoms with Crippen molar-refractivity contribution in [1.29, 1.82) is 0 Å². The van der Waals surface area contributed by atoms with Crippen molar-refractivity contribution >= 4 is 44.4 Å². The van der Waals surface area contributed by atoms with E-state index in [-0.39, 0.29) is 22.6 Å². The third-order valence-corrected chi connectivity index (χ3v) is 13.9. The average molecular weight is 833 g/mol. The molecule has 4 saturated carbocycles. The van der Waals surface area contributed by atoms with Crippen molar-refractivity contribution in [2.24, 2.45) is 17.3 Å². The second-order valence-electron chi connectivity index (χ2n) is 18.5. The Hall–Kier alpha value is -4.69. The smallest absolute Gasteiger partial charge is 0.358 e. The Morgan fingerprint density at radius 3 is 2.52 bits per heavy atom. The molecule has 316 valence electrons. The largest absolute Gasteiger partial charge is 0.455 e. The predicted octanol–water partition coefficient (Wildman–Crippen LogP) is 8.65. The molecule has 1 amide bonds. The molecule has 5 aliphatic rings. The Balaban J connectivity index is 0.960.